The Bertz CT molecular complexity index is 635. The lowest BCUT2D eigenvalue weighted by molar-refractivity contribution is -0.127. The van der Waals surface area contributed by atoms with Crippen molar-refractivity contribution >= 4 is 11.9 Å². The zero-order valence-corrected chi connectivity index (χ0v) is 18.3. The van der Waals surface area contributed by atoms with Crippen LogP contribution in [0.3, 0.4) is 0 Å². The molecule has 1 atom stereocenters. The molecule has 3 N–H and O–H groups in total. The summed E-state index contributed by atoms with van der Waals surface area (Å²) < 4.78 is 0. The molecule has 1 aromatic rings. The highest BCUT2D eigenvalue weighted by atomic mass is 16.3. The van der Waals surface area contributed by atoms with Gasteiger partial charge in [-0.15, -0.1) is 0 Å². The third-order valence-corrected chi connectivity index (χ3v) is 6.12. The molecule has 1 aliphatic rings. The summed E-state index contributed by atoms with van der Waals surface area (Å²) >= 11 is 0. The number of nitrogens with one attached hydrogen (secondary N) is 2. The van der Waals surface area contributed by atoms with Gasteiger partial charge < -0.3 is 20.6 Å². The van der Waals surface area contributed by atoms with Gasteiger partial charge in [-0.05, 0) is 31.7 Å². The molecular weight excluding hydrogens is 364 g/mol. The number of nitrogens with zero attached hydrogens (tertiary/aromatic N) is 2. The first-order valence-electron chi connectivity index (χ1n) is 11.0. The van der Waals surface area contributed by atoms with E-state index in [1.165, 1.54) is 5.56 Å². The maximum atomic E-state index is 12.4. The minimum Gasteiger partial charge on any atom is -0.396 e. The van der Waals surface area contributed by atoms with Crippen molar-refractivity contribution in [3.8, 4) is 0 Å². The number of carbonyl (C=O) groups is 1. The molecule has 1 fully saturated rings. The van der Waals surface area contributed by atoms with Crippen LogP contribution in [0.5, 0.6) is 0 Å². The lowest BCUT2D eigenvalue weighted by Gasteiger charge is -2.27. The van der Waals surface area contributed by atoms with Crippen LogP contribution in [0.1, 0.15) is 45.6 Å². The fourth-order valence-corrected chi connectivity index (χ4v) is 3.69. The van der Waals surface area contributed by atoms with E-state index in [0.717, 1.165) is 51.4 Å². The fourth-order valence-electron chi connectivity index (χ4n) is 3.69. The maximum absolute atomic E-state index is 12.4. The smallest absolute Gasteiger partial charge is 0.223 e. The molecule has 6 nitrogen and oxygen atoms in total. The molecule has 0 aliphatic carbocycles. The van der Waals surface area contributed by atoms with Crippen LogP contribution in [0.2, 0.25) is 0 Å². The first-order valence-corrected chi connectivity index (χ1v) is 11.0. The molecule has 6 heteroatoms. The molecule has 0 bridgehead atoms. The molecule has 1 unspecified atom stereocenters. The molecule has 2 rings (SSSR count). The highest BCUT2D eigenvalue weighted by Crippen LogP contribution is 2.25. The third kappa shape index (κ3) is 7.03. The molecule has 1 saturated heterocycles. The zero-order chi connectivity index (χ0) is 21.1. The second-order valence-corrected chi connectivity index (χ2v) is 8.09. The number of likely N-dealkylation sites (tertiary alicyclic amines) is 1. The first kappa shape index (κ1) is 23.2. The Kier molecular flexibility index (Phi) is 9.45. The number of hydrogen-bond donors (Lipinski definition) is 3. The second kappa shape index (κ2) is 11.8. The number of carbonyl (C=O) groups excluding carboxylic acids is 1. The van der Waals surface area contributed by atoms with Crippen molar-refractivity contribution in [2.75, 3.05) is 39.3 Å². The van der Waals surface area contributed by atoms with E-state index in [0.29, 0.717) is 18.9 Å². The average Bonchev–Trinajstić information content (AvgIpc) is 3.12. The van der Waals surface area contributed by atoms with E-state index in [4.69, 9.17) is 4.99 Å². The molecule has 29 heavy (non-hydrogen) atoms. The molecule has 0 spiro atoms. The van der Waals surface area contributed by atoms with Crippen molar-refractivity contribution < 1.29 is 9.90 Å². The molecule has 0 radical (unpaired) electrons. The van der Waals surface area contributed by atoms with Crippen LogP contribution in [-0.4, -0.2) is 61.2 Å². The van der Waals surface area contributed by atoms with Crippen LogP contribution < -0.4 is 10.6 Å². The van der Waals surface area contributed by atoms with Crippen LogP contribution in [0.15, 0.2) is 35.3 Å². The number of amides is 1. The SMILES string of the molecule is CCNC(=NCC(CC)(CC)CO)NCC1CC(=O)N(CCc2ccccc2)C1. The fraction of sp³-hybridized carbons (Fsp3) is 0.652. The molecule has 1 amide bonds. The molecule has 1 heterocycles. The molecule has 1 aromatic carbocycles. The number of rotatable bonds is 11. The van der Waals surface area contributed by atoms with Crippen molar-refractivity contribution in [3.63, 3.8) is 0 Å². The van der Waals surface area contributed by atoms with Gasteiger partial charge in [0.2, 0.25) is 5.91 Å². The summed E-state index contributed by atoms with van der Waals surface area (Å²) in [6, 6.07) is 10.3. The van der Waals surface area contributed by atoms with Crippen molar-refractivity contribution in [2.24, 2.45) is 16.3 Å². The summed E-state index contributed by atoms with van der Waals surface area (Å²) in [6.07, 6.45) is 3.28. The van der Waals surface area contributed by atoms with Gasteiger partial charge in [0.05, 0.1) is 13.2 Å². The molecular formula is C23H38N4O2. The number of hydrogen-bond acceptors (Lipinski definition) is 3. The van der Waals surface area contributed by atoms with Crippen LogP contribution >= 0.6 is 0 Å². The van der Waals surface area contributed by atoms with Gasteiger partial charge in [0.1, 0.15) is 0 Å². The minimum absolute atomic E-state index is 0.149. The summed E-state index contributed by atoms with van der Waals surface area (Å²) in [5.74, 6) is 1.30. The quantitative estimate of drug-likeness (QED) is 0.392. The number of benzene rings is 1. The van der Waals surface area contributed by atoms with Crippen molar-refractivity contribution in [1.82, 2.24) is 15.5 Å². The van der Waals surface area contributed by atoms with Crippen molar-refractivity contribution in [3.05, 3.63) is 35.9 Å². The van der Waals surface area contributed by atoms with E-state index in [2.05, 4.69) is 36.6 Å². The minimum atomic E-state index is -0.153. The van der Waals surface area contributed by atoms with Crippen molar-refractivity contribution in [1.29, 1.82) is 0 Å². The van der Waals surface area contributed by atoms with Gasteiger partial charge in [0, 0.05) is 43.9 Å². The molecule has 0 saturated carbocycles. The zero-order valence-electron chi connectivity index (χ0n) is 18.3. The predicted octanol–water partition coefficient (Wildman–Crippen LogP) is 2.43. The summed E-state index contributed by atoms with van der Waals surface area (Å²) in [4.78, 5) is 19.1. The molecule has 162 valence electrons. The van der Waals surface area contributed by atoms with Crippen LogP contribution in [-0.2, 0) is 11.2 Å². The largest absolute Gasteiger partial charge is 0.396 e. The van der Waals surface area contributed by atoms with Gasteiger partial charge >= 0.3 is 0 Å². The van der Waals surface area contributed by atoms with Gasteiger partial charge in [-0.1, -0.05) is 44.2 Å². The van der Waals surface area contributed by atoms with Crippen LogP contribution in [0.4, 0.5) is 0 Å². The average molecular weight is 403 g/mol. The van der Waals surface area contributed by atoms with Gasteiger partial charge in [0.25, 0.3) is 0 Å². The first-order chi connectivity index (χ1) is 14.1. The standard InChI is InChI=1S/C23H38N4O2/c1-4-23(5-2,18-28)17-26-22(24-6-3)25-15-20-14-21(29)27(16-20)13-12-19-10-8-7-9-11-19/h7-11,20,28H,4-6,12-18H2,1-3H3,(H2,24,25,26). The van der Waals surface area contributed by atoms with Crippen molar-refractivity contribution in [2.45, 2.75) is 46.5 Å². The number of aliphatic imine (C=N–C) groups is 1. The Morgan fingerprint density at radius 3 is 2.55 bits per heavy atom. The highest BCUT2D eigenvalue weighted by molar-refractivity contribution is 5.81. The second-order valence-electron chi connectivity index (χ2n) is 8.09. The Hall–Kier alpha value is -2.08. The summed E-state index contributed by atoms with van der Waals surface area (Å²) in [6.45, 7) is 10.1. The van der Waals surface area contributed by atoms with Crippen LogP contribution in [0.25, 0.3) is 0 Å². The normalized spacial score (nSPS) is 17.7. The summed E-state index contributed by atoms with van der Waals surface area (Å²) in [7, 11) is 0. The Labute approximate surface area is 175 Å². The van der Waals surface area contributed by atoms with Gasteiger partial charge in [-0.3, -0.25) is 9.79 Å². The van der Waals surface area contributed by atoms with E-state index in [1.54, 1.807) is 0 Å². The Morgan fingerprint density at radius 1 is 1.21 bits per heavy atom. The van der Waals surface area contributed by atoms with E-state index in [-0.39, 0.29) is 17.9 Å². The summed E-state index contributed by atoms with van der Waals surface area (Å²) in [5.41, 5.74) is 1.11. The van der Waals surface area contributed by atoms with Gasteiger partial charge in [0.15, 0.2) is 5.96 Å². The number of aliphatic hydroxyl groups is 1. The lowest BCUT2D eigenvalue weighted by Crippen LogP contribution is -2.41. The maximum Gasteiger partial charge on any atom is 0.223 e. The van der Waals surface area contributed by atoms with Gasteiger partial charge in [-0.25, -0.2) is 0 Å². The van der Waals surface area contributed by atoms with E-state index in [9.17, 15) is 9.90 Å². The lowest BCUT2D eigenvalue weighted by atomic mass is 9.83. The van der Waals surface area contributed by atoms with E-state index >= 15 is 0 Å². The monoisotopic (exact) mass is 402 g/mol. The van der Waals surface area contributed by atoms with Gasteiger partial charge in [-0.2, -0.15) is 0 Å². The predicted molar refractivity (Wildman–Crippen MR) is 119 cm³/mol. The summed E-state index contributed by atoms with van der Waals surface area (Å²) in [5, 5.41) is 16.4. The van der Waals surface area contributed by atoms with Crippen LogP contribution in [0, 0.1) is 11.3 Å². The highest BCUT2D eigenvalue weighted by Gasteiger charge is 2.29. The number of aliphatic hydroxyl groups excluding tert-OH is 1. The Morgan fingerprint density at radius 2 is 1.93 bits per heavy atom. The van der Waals surface area contributed by atoms with E-state index in [1.807, 2.05) is 30.0 Å². The topological polar surface area (TPSA) is 77.0 Å². The molecule has 1 aliphatic heterocycles. The number of guanidine groups is 1. The Balaban J connectivity index is 1.84. The van der Waals surface area contributed by atoms with E-state index < -0.39 is 0 Å². The third-order valence-electron chi connectivity index (χ3n) is 6.12. The molecule has 0 aromatic heterocycles.